The molecule has 0 saturated carbocycles. The van der Waals surface area contributed by atoms with Gasteiger partial charge in [-0.15, -0.1) is 11.3 Å². The van der Waals surface area contributed by atoms with Crippen molar-refractivity contribution in [3.63, 3.8) is 0 Å². The van der Waals surface area contributed by atoms with Crippen molar-refractivity contribution in [2.45, 2.75) is 20.0 Å². The van der Waals surface area contributed by atoms with E-state index in [-0.39, 0.29) is 5.91 Å². The van der Waals surface area contributed by atoms with Crippen LogP contribution in [0.25, 0.3) is 0 Å². The molecule has 0 atom stereocenters. The highest BCUT2D eigenvalue weighted by Gasteiger charge is 2.14. The van der Waals surface area contributed by atoms with Crippen molar-refractivity contribution in [3.05, 3.63) is 45.0 Å². The quantitative estimate of drug-likeness (QED) is 0.816. The maximum absolute atomic E-state index is 12.2. The highest BCUT2D eigenvalue weighted by Crippen LogP contribution is 2.22. The summed E-state index contributed by atoms with van der Waals surface area (Å²) in [5.41, 5.74) is 0. The van der Waals surface area contributed by atoms with Gasteiger partial charge >= 0.3 is 0 Å². The summed E-state index contributed by atoms with van der Waals surface area (Å²) in [6.45, 7) is 3.48. The highest BCUT2D eigenvalue weighted by atomic mass is 35.5. The van der Waals surface area contributed by atoms with Gasteiger partial charge in [0.15, 0.2) is 0 Å². The predicted molar refractivity (Wildman–Crippen MR) is 85.6 cm³/mol. The molecule has 0 spiro atoms. The fourth-order valence-corrected chi connectivity index (χ4v) is 3.14. The van der Waals surface area contributed by atoms with Crippen molar-refractivity contribution in [2.24, 2.45) is 0 Å². The molecule has 0 aromatic carbocycles. The van der Waals surface area contributed by atoms with E-state index in [0.29, 0.717) is 19.6 Å². The number of rotatable bonds is 6. The Hall–Kier alpha value is -1.30. The van der Waals surface area contributed by atoms with Crippen LogP contribution >= 0.6 is 22.9 Å². The fraction of sp³-hybridized carbons (Fsp3) is 0.400. The third-order valence-electron chi connectivity index (χ3n) is 3.07. The van der Waals surface area contributed by atoms with Crippen LogP contribution in [-0.2, 0) is 17.9 Å². The molecule has 114 valence electrons. The summed E-state index contributed by atoms with van der Waals surface area (Å²) >= 11 is 7.40. The van der Waals surface area contributed by atoms with E-state index in [1.54, 1.807) is 11.9 Å². The van der Waals surface area contributed by atoms with Crippen molar-refractivity contribution in [1.29, 1.82) is 0 Å². The number of hydrogen-bond acceptors (Lipinski definition) is 4. The maximum Gasteiger partial charge on any atom is 0.236 e. The standard InChI is InChI=1S/C15H19ClN2O2S/c1-11-4-5-12(20-11)8-17(2)10-15(19)18(3)9-13-6-7-14(16)21-13/h4-7H,8-10H2,1-3H3. The van der Waals surface area contributed by atoms with Crippen LogP contribution in [0.15, 0.2) is 28.7 Å². The molecule has 0 aliphatic carbocycles. The molecular weight excluding hydrogens is 308 g/mol. The molecule has 2 aromatic heterocycles. The van der Waals surface area contributed by atoms with Crippen molar-refractivity contribution in [2.75, 3.05) is 20.6 Å². The number of halogens is 1. The number of nitrogens with zero attached hydrogens (tertiary/aromatic N) is 2. The van der Waals surface area contributed by atoms with Gasteiger partial charge in [0.25, 0.3) is 0 Å². The molecule has 2 rings (SSSR count). The van der Waals surface area contributed by atoms with E-state index in [1.165, 1.54) is 11.3 Å². The van der Waals surface area contributed by atoms with Crippen molar-refractivity contribution in [3.8, 4) is 0 Å². The van der Waals surface area contributed by atoms with Gasteiger partial charge in [0.2, 0.25) is 5.91 Å². The fourth-order valence-electron chi connectivity index (χ4n) is 2.00. The average molecular weight is 327 g/mol. The molecule has 1 amide bonds. The number of hydrogen-bond donors (Lipinski definition) is 0. The summed E-state index contributed by atoms with van der Waals surface area (Å²) in [5, 5.41) is 0. The van der Waals surface area contributed by atoms with Gasteiger partial charge in [-0.25, -0.2) is 0 Å². The topological polar surface area (TPSA) is 36.7 Å². The van der Waals surface area contributed by atoms with E-state index in [2.05, 4.69) is 0 Å². The Morgan fingerprint density at radius 3 is 2.57 bits per heavy atom. The van der Waals surface area contributed by atoms with E-state index in [9.17, 15) is 4.79 Å². The second kappa shape index (κ2) is 7.11. The summed E-state index contributed by atoms with van der Waals surface area (Å²) in [5.74, 6) is 1.83. The molecule has 0 fully saturated rings. The molecule has 2 aromatic rings. The molecule has 0 bridgehead atoms. The molecule has 0 saturated heterocycles. The second-order valence-corrected chi connectivity index (χ2v) is 6.94. The lowest BCUT2D eigenvalue weighted by atomic mass is 10.3. The van der Waals surface area contributed by atoms with Crippen LogP contribution in [0.3, 0.4) is 0 Å². The molecule has 0 unspecified atom stereocenters. The smallest absolute Gasteiger partial charge is 0.236 e. The zero-order valence-corrected chi connectivity index (χ0v) is 14.0. The van der Waals surface area contributed by atoms with Gasteiger partial charge in [0.05, 0.1) is 24.0 Å². The highest BCUT2D eigenvalue weighted by molar-refractivity contribution is 7.16. The Morgan fingerprint density at radius 2 is 2.00 bits per heavy atom. The minimum atomic E-state index is 0.0744. The normalized spacial score (nSPS) is 11.1. The van der Waals surface area contributed by atoms with Crippen LogP contribution in [0, 0.1) is 6.92 Å². The van der Waals surface area contributed by atoms with E-state index < -0.39 is 0 Å². The van der Waals surface area contributed by atoms with Gasteiger partial charge in [0, 0.05) is 11.9 Å². The first kappa shape index (κ1) is 16.1. The summed E-state index contributed by atoms with van der Waals surface area (Å²) < 4.78 is 6.26. The predicted octanol–water partition coefficient (Wildman–Crippen LogP) is 3.39. The molecule has 0 radical (unpaired) electrons. The average Bonchev–Trinajstić information content (AvgIpc) is 2.98. The summed E-state index contributed by atoms with van der Waals surface area (Å²) in [4.78, 5) is 16.9. The van der Waals surface area contributed by atoms with E-state index >= 15 is 0 Å². The number of carbonyl (C=O) groups excluding carboxylic acids is 1. The Labute approximate surface area is 133 Å². The molecule has 0 N–H and O–H groups in total. The van der Waals surface area contributed by atoms with Gasteiger partial charge in [-0.2, -0.15) is 0 Å². The van der Waals surface area contributed by atoms with E-state index in [1.807, 2.05) is 43.1 Å². The van der Waals surface area contributed by atoms with Crippen molar-refractivity contribution < 1.29 is 9.21 Å². The van der Waals surface area contributed by atoms with E-state index in [4.69, 9.17) is 16.0 Å². The Morgan fingerprint density at radius 1 is 1.24 bits per heavy atom. The van der Waals surface area contributed by atoms with Crippen LogP contribution < -0.4 is 0 Å². The summed E-state index contributed by atoms with van der Waals surface area (Å²) in [7, 11) is 3.71. The largest absolute Gasteiger partial charge is 0.465 e. The van der Waals surface area contributed by atoms with Gasteiger partial charge in [-0.1, -0.05) is 11.6 Å². The zero-order chi connectivity index (χ0) is 15.4. The zero-order valence-electron chi connectivity index (χ0n) is 12.4. The summed E-state index contributed by atoms with van der Waals surface area (Å²) in [6.07, 6.45) is 0. The number of furan rings is 1. The molecule has 4 nitrogen and oxygen atoms in total. The lowest BCUT2D eigenvalue weighted by Crippen LogP contribution is -2.35. The first-order valence-corrected chi connectivity index (χ1v) is 7.85. The van der Waals surface area contributed by atoms with Gasteiger partial charge in [-0.05, 0) is 38.2 Å². The third kappa shape index (κ3) is 4.88. The van der Waals surface area contributed by atoms with Gasteiger partial charge in [-0.3, -0.25) is 9.69 Å². The number of aryl methyl sites for hydroxylation is 1. The van der Waals surface area contributed by atoms with Crippen LogP contribution in [0.4, 0.5) is 0 Å². The lowest BCUT2D eigenvalue weighted by Gasteiger charge is -2.20. The minimum Gasteiger partial charge on any atom is -0.465 e. The number of carbonyl (C=O) groups is 1. The third-order valence-corrected chi connectivity index (χ3v) is 4.29. The number of likely N-dealkylation sites (N-methyl/N-ethyl adjacent to an activating group) is 2. The molecule has 0 aliphatic heterocycles. The second-order valence-electron chi connectivity index (χ2n) is 5.14. The Bertz CT molecular complexity index is 608. The first-order valence-electron chi connectivity index (χ1n) is 6.66. The van der Waals surface area contributed by atoms with Crippen LogP contribution in [0.1, 0.15) is 16.4 Å². The number of amides is 1. The molecular formula is C15H19ClN2O2S. The first-order chi connectivity index (χ1) is 9.94. The SMILES string of the molecule is Cc1ccc(CN(C)CC(=O)N(C)Cc2ccc(Cl)s2)o1. The van der Waals surface area contributed by atoms with Gasteiger partial charge in [0.1, 0.15) is 11.5 Å². The van der Waals surface area contributed by atoms with Crippen LogP contribution in [-0.4, -0.2) is 36.3 Å². The molecule has 21 heavy (non-hydrogen) atoms. The monoisotopic (exact) mass is 326 g/mol. The minimum absolute atomic E-state index is 0.0744. The lowest BCUT2D eigenvalue weighted by molar-refractivity contribution is -0.131. The van der Waals surface area contributed by atoms with Crippen LogP contribution in [0.5, 0.6) is 0 Å². The molecule has 6 heteroatoms. The van der Waals surface area contributed by atoms with Crippen LogP contribution in [0.2, 0.25) is 4.34 Å². The van der Waals surface area contributed by atoms with Crippen molar-refractivity contribution >= 4 is 28.8 Å². The molecule has 0 aliphatic rings. The van der Waals surface area contributed by atoms with Crippen molar-refractivity contribution in [1.82, 2.24) is 9.80 Å². The molecule has 2 heterocycles. The Kier molecular flexibility index (Phi) is 5.45. The maximum atomic E-state index is 12.2. The van der Waals surface area contributed by atoms with Gasteiger partial charge < -0.3 is 9.32 Å². The summed E-state index contributed by atoms with van der Waals surface area (Å²) in [6, 6.07) is 7.67. The van der Waals surface area contributed by atoms with E-state index in [0.717, 1.165) is 20.7 Å². The number of thiophene rings is 1. The Balaban J connectivity index is 1.82.